The highest BCUT2D eigenvalue weighted by atomic mass is 16.3. The molecule has 6 N–H and O–H groups in total. The number of para-hydroxylation sites is 1. The van der Waals surface area contributed by atoms with Crippen molar-refractivity contribution in [1.82, 2.24) is 16.2 Å². The average molecular weight is 318 g/mol. The lowest BCUT2D eigenvalue weighted by Crippen LogP contribution is -2.59. The van der Waals surface area contributed by atoms with Gasteiger partial charge in [0.15, 0.2) is 0 Å². The number of hydrogen-bond acceptors (Lipinski definition) is 5. The minimum atomic E-state index is -0.911. The Morgan fingerprint density at radius 2 is 1.91 bits per heavy atom. The zero-order valence-corrected chi connectivity index (χ0v) is 12.8. The van der Waals surface area contributed by atoms with Crippen LogP contribution in [0.5, 0.6) is 5.75 Å². The van der Waals surface area contributed by atoms with Crippen molar-refractivity contribution in [3.05, 3.63) is 29.8 Å². The van der Waals surface area contributed by atoms with Crippen molar-refractivity contribution in [1.29, 1.82) is 0 Å². The molecule has 0 radical (unpaired) electrons. The molecular weight excluding hydrogens is 296 g/mol. The molecule has 2 atom stereocenters. The summed E-state index contributed by atoms with van der Waals surface area (Å²) in [6, 6.07) is 6.38. The number of benzene rings is 1. The predicted molar refractivity (Wildman–Crippen MR) is 84.1 cm³/mol. The van der Waals surface area contributed by atoms with E-state index in [-0.39, 0.29) is 17.7 Å². The number of amides is 2. The molecule has 2 aliphatic rings. The van der Waals surface area contributed by atoms with Crippen molar-refractivity contribution in [2.24, 2.45) is 5.73 Å². The first kappa shape index (κ1) is 15.8. The molecule has 2 fully saturated rings. The smallest absolute Gasteiger partial charge is 0.243 e. The Labute approximate surface area is 134 Å². The van der Waals surface area contributed by atoms with Crippen molar-refractivity contribution < 1.29 is 14.7 Å². The van der Waals surface area contributed by atoms with Gasteiger partial charge in [-0.2, -0.15) is 0 Å². The SMILES string of the molecule is NC(=O)C1(NC(=O)C2CC(c3ccccc3O)NN2)CCCC1. The minimum absolute atomic E-state index is 0.167. The van der Waals surface area contributed by atoms with Crippen LogP contribution in [0.1, 0.15) is 43.7 Å². The highest BCUT2D eigenvalue weighted by Crippen LogP contribution is 2.31. The summed E-state index contributed by atoms with van der Waals surface area (Å²) in [7, 11) is 0. The number of hydrogen-bond donors (Lipinski definition) is 5. The molecule has 1 saturated carbocycles. The van der Waals surface area contributed by atoms with E-state index in [1.165, 1.54) is 0 Å². The van der Waals surface area contributed by atoms with E-state index >= 15 is 0 Å². The molecule has 2 amide bonds. The van der Waals surface area contributed by atoms with Crippen LogP contribution in [0, 0.1) is 0 Å². The lowest BCUT2D eigenvalue weighted by Gasteiger charge is -2.28. The second kappa shape index (κ2) is 6.17. The summed E-state index contributed by atoms with van der Waals surface area (Å²) in [5.41, 5.74) is 11.3. The van der Waals surface area contributed by atoms with E-state index in [1.54, 1.807) is 12.1 Å². The number of nitrogens with two attached hydrogens (primary N) is 1. The van der Waals surface area contributed by atoms with E-state index in [1.807, 2.05) is 12.1 Å². The van der Waals surface area contributed by atoms with Crippen LogP contribution in [0.4, 0.5) is 0 Å². The van der Waals surface area contributed by atoms with Crippen LogP contribution >= 0.6 is 0 Å². The quantitative estimate of drug-likeness (QED) is 0.544. The van der Waals surface area contributed by atoms with Crippen LogP contribution in [0.3, 0.4) is 0 Å². The summed E-state index contributed by atoms with van der Waals surface area (Å²) in [5.74, 6) is -0.514. The topological polar surface area (TPSA) is 116 Å². The number of nitrogens with one attached hydrogen (secondary N) is 3. The predicted octanol–water partition coefficient (Wildman–Crippen LogP) is 0.214. The Hall–Kier alpha value is -2.12. The van der Waals surface area contributed by atoms with E-state index in [2.05, 4.69) is 16.2 Å². The molecule has 1 aromatic carbocycles. The molecule has 0 spiro atoms. The Kier molecular flexibility index (Phi) is 4.23. The first-order valence-corrected chi connectivity index (χ1v) is 7.93. The number of phenols is 1. The van der Waals surface area contributed by atoms with Crippen molar-refractivity contribution in [2.75, 3.05) is 0 Å². The molecule has 0 aromatic heterocycles. The molecule has 0 bridgehead atoms. The van der Waals surface area contributed by atoms with Crippen molar-refractivity contribution in [3.63, 3.8) is 0 Å². The molecule has 1 aromatic rings. The number of phenolic OH excluding ortho intramolecular Hbond substituents is 1. The highest BCUT2D eigenvalue weighted by molar-refractivity contribution is 5.92. The van der Waals surface area contributed by atoms with E-state index < -0.39 is 17.5 Å². The fraction of sp³-hybridized carbons (Fsp3) is 0.500. The van der Waals surface area contributed by atoms with Gasteiger partial charge in [0.2, 0.25) is 11.8 Å². The number of aromatic hydroxyl groups is 1. The third-order valence-corrected chi connectivity index (χ3v) is 4.82. The van der Waals surface area contributed by atoms with Crippen LogP contribution < -0.4 is 21.9 Å². The van der Waals surface area contributed by atoms with E-state index in [4.69, 9.17) is 5.73 Å². The molecule has 7 heteroatoms. The summed E-state index contributed by atoms with van der Waals surface area (Å²) >= 11 is 0. The Morgan fingerprint density at radius 3 is 2.57 bits per heavy atom. The maximum absolute atomic E-state index is 12.5. The number of hydrazine groups is 1. The standard InChI is InChI=1S/C16H22N4O3/c17-15(23)16(7-3-4-8-16)18-14(22)12-9-11(19-20-12)10-5-1-2-6-13(10)21/h1-2,5-6,11-12,19-21H,3-4,7-9H2,(H2,17,23)(H,18,22). The summed E-state index contributed by atoms with van der Waals surface area (Å²) in [4.78, 5) is 24.2. The summed E-state index contributed by atoms with van der Waals surface area (Å²) in [6.45, 7) is 0. The molecule has 3 rings (SSSR count). The summed E-state index contributed by atoms with van der Waals surface area (Å²) in [5, 5.41) is 12.8. The fourth-order valence-corrected chi connectivity index (χ4v) is 3.45. The Balaban J connectivity index is 1.66. The van der Waals surface area contributed by atoms with Crippen molar-refractivity contribution >= 4 is 11.8 Å². The molecule has 124 valence electrons. The largest absolute Gasteiger partial charge is 0.508 e. The first-order valence-electron chi connectivity index (χ1n) is 7.93. The van der Waals surface area contributed by atoms with Crippen molar-refractivity contribution in [3.8, 4) is 5.75 Å². The zero-order valence-electron chi connectivity index (χ0n) is 12.8. The molecule has 1 saturated heterocycles. The van der Waals surface area contributed by atoms with E-state index in [9.17, 15) is 14.7 Å². The second-order valence-corrected chi connectivity index (χ2v) is 6.33. The molecule has 7 nitrogen and oxygen atoms in total. The van der Waals surface area contributed by atoms with Gasteiger partial charge in [-0.1, -0.05) is 31.0 Å². The van der Waals surface area contributed by atoms with Gasteiger partial charge < -0.3 is 16.2 Å². The highest BCUT2D eigenvalue weighted by Gasteiger charge is 2.43. The monoisotopic (exact) mass is 318 g/mol. The molecule has 1 heterocycles. The van der Waals surface area contributed by atoms with Gasteiger partial charge in [0.05, 0.1) is 6.04 Å². The molecule has 2 unspecified atom stereocenters. The van der Waals surface area contributed by atoms with Gasteiger partial charge in [-0.3, -0.25) is 9.59 Å². The summed E-state index contributed by atoms with van der Waals surface area (Å²) in [6.07, 6.45) is 3.45. The average Bonchev–Trinajstić information content (AvgIpc) is 3.17. The van der Waals surface area contributed by atoms with E-state index in [0.717, 1.165) is 18.4 Å². The van der Waals surface area contributed by atoms with Crippen LogP contribution in [0.25, 0.3) is 0 Å². The zero-order chi connectivity index (χ0) is 16.4. The normalized spacial score (nSPS) is 26.1. The van der Waals surface area contributed by atoms with Crippen LogP contribution in [0.2, 0.25) is 0 Å². The third-order valence-electron chi connectivity index (χ3n) is 4.82. The first-order chi connectivity index (χ1) is 11.0. The number of carbonyl (C=O) groups is 2. The number of rotatable bonds is 4. The lowest BCUT2D eigenvalue weighted by atomic mass is 9.95. The van der Waals surface area contributed by atoms with Gasteiger partial charge in [0, 0.05) is 5.56 Å². The maximum Gasteiger partial charge on any atom is 0.243 e. The van der Waals surface area contributed by atoms with Gasteiger partial charge in [-0.15, -0.1) is 0 Å². The van der Waals surface area contributed by atoms with Gasteiger partial charge in [0.1, 0.15) is 17.3 Å². The number of primary amides is 1. The van der Waals surface area contributed by atoms with Crippen LogP contribution in [-0.2, 0) is 9.59 Å². The van der Waals surface area contributed by atoms with Gasteiger partial charge in [-0.05, 0) is 25.3 Å². The lowest BCUT2D eigenvalue weighted by molar-refractivity contribution is -0.132. The van der Waals surface area contributed by atoms with Gasteiger partial charge in [-0.25, -0.2) is 10.9 Å². The molecular formula is C16H22N4O3. The molecule has 1 aliphatic heterocycles. The maximum atomic E-state index is 12.5. The third kappa shape index (κ3) is 3.02. The second-order valence-electron chi connectivity index (χ2n) is 6.33. The Morgan fingerprint density at radius 1 is 1.22 bits per heavy atom. The van der Waals surface area contributed by atoms with Crippen molar-refractivity contribution in [2.45, 2.75) is 49.7 Å². The molecule has 23 heavy (non-hydrogen) atoms. The Bertz CT molecular complexity index is 613. The van der Waals surface area contributed by atoms with Crippen LogP contribution in [0.15, 0.2) is 24.3 Å². The number of carbonyl (C=O) groups excluding carboxylic acids is 2. The van der Waals surface area contributed by atoms with E-state index in [0.29, 0.717) is 19.3 Å². The van der Waals surface area contributed by atoms with Gasteiger partial charge in [0.25, 0.3) is 0 Å². The summed E-state index contributed by atoms with van der Waals surface area (Å²) < 4.78 is 0. The van der Waals surface area contributed by atoms with Gasteiger partial charge >= 0.3 is 0 Å². The fourth-order valence-electron chi connectivity index (χ4n) is 3.45. The van der Waals surface area contributed by atoms with Crippen LogP contribution in [-0.4, -0.2) is 28.5 Å². The minimum Gasteiger partial charge on any atom is -0.508 e. The molecule has 1 aliphatic carbocycles.